The summed E-state index contributed by atoms with van der Waals surface area (Å²) in [4.78, 5) is 10.7. The number of thiophene rings is 1. The Bertz CT molecular complexity index is 650. The third-order valence-electron chi connectivity index (χ3n) is 4.41. The number of rotatable bonds is 3. The van der Waals surface area contributed by atoms with Crippen LogP contribution in [0.3, 0.4) is 0 Å². The minimum absolute atomic E-state index is 0.117. The van der Waals surface area contributed by atoms with E-state index in [9.17, 15) is 5.11 Å². The Hall–Kier alpha value is -0.910. The molecule has 1 aliphatic rings. The molecule has 0 saturated heterocycles. The molecular formula is C15H20ClN3OS. The predicted molar refractivity (Wildman–Crippen MR) is 88.2 cm³/mol. The molecule has 1 saturated carbocycles. The number of aromatic nitrogens is 2. The summed E-state index contributed by atoms with van der Waals surface area (Å²) >= 11 is 7.66. The minimum atomic E-state index is -0.285. The summed E-state index contributed by atoms with van der Waals surface area (Å²) in [6.07, 6.45) is 4.16. The highest BCUT2D eigenvalue weighted by molar-refractivity contribution is 7.18. The number of nitrogens with one attached hydrogen (secondary N) is 1. The minimum Gasteiger partial charge on any atom is -0.394 e. The second-order valence-electron chi connectivity index (χ2n) is 6.16. The van der Waals surface area contributed by atoms with Crippen molar-refractivity contribution >= 4 is 39.0 Å². The molecule has 2 aromatic rings. The van der Waals surface area contributed by atoms with Crippen LogP contribution in [-0.2, 0) is 0 Å². The molecule has 2 aromatic heterocycles. The summed E-state index contributed by atoms with van der Waals surface area (Å²) in [5, 5.41) is 14.6. The van der Waals surface area contributed by atoms with Crippen LogP contribution in [0.5, 0.6) is 0 Å². The van der Waals surface area contributed by atoms with E-state index in [0.717, 1.165) is 47.6 Å². The van der Waals surface area contributed by atoms with E-state index < -0.39 is 0 Å². The molecule has 0 atom stereocenters. The Morgan fingerprint density at radius 1 is 1.43 bits per heavy atom. The monoisotopic (exact) mass is 325 g/mol. The molecule has 2 N–H and O–H groups in total. The maximum atomic E-state index is 9.90. The molecule has 1 fully saturated rings. The van der Waals surface area contributed by atoms with Crippen molar-refractivity contribution in [2.24, 2.45) is 5.92 Å². The van der Waals surface area contributed by atoms with Crippen LogP contribution in [0.2, 0.25) is 5.28 Å². The maximum absolute atomic E-state index is 9.90. The van der Waals surface area contributed by atoms with Crippen molar-refractivity contribution in [3.8, 4) is 0 Å². The van der Waals surface area contributed by atoms with Crippen LogP contribution in [0.15, 0.2) is 6.07 Å². The first kappa shape index (κ1) is 15.0. The van der Waals surface area contributed by atoms with Crippen molar-refractivity contribution in [1.29, 1.82) is 0 Å². The lowest BCUT2D eigenvalue weighted by atomic mass is 9.77. The molecule has 0 unspecified atom stereocenters. The lowest BCUT2D eigenvalue weighted by Crippen LogP contribution is -2.45. The molecule has 0 spiro atoms. The van der Waals surface area contributed by atoms with Gasteiger partial charge in [-0.05, 0) is 56.2 Å². The highest BCUT2D eigenvalue weighted by Gasteiger charge is 2.34. The summed E-state index contributed by atoms with van der Waals surface area (Å²) in [7, 11) is 0. The zero-order valence-corrected chi connectivity index (χ0v) is 13.9. The molecule has 0 amide bonds. The van der Waals surface area contributed by atoms with E-state index in [1.165, 1.54) is 4.88 Å². The van der Waals surface area contributed by atoms with E-state index in [-0.39, 0.29) is 17.4 Å². The predicted octanol–water partition coefficient (Wildman–Crippen LogP) is 4.01. The van der Waals surface area contributed by atoms with Crippen LogP contribution in [0.25, 0.3) is 10.2 Å². The molecule has 0 bridgehead atoms. The standard InChI is InChI=1S/C15H20ClN3OS/c1-9-3-5-15(8-20,6-4-9)19-12-11-7-10(2)21-13(11)18-14(16)17-12/h7,9,20H,3-6,8H2,1-2H3,(H,17,18,19). The van der Waals surface area contributed by atoms with Crippen molar-refractivity contribution in [1.82, 2.24) is 9.97 Å². The Kier molecular flexibility index (Phi) is 4.08. The summed E-state index contributed by atoms with van der Waals surface area (Å²) in [5.41, 5.74) is -0.285. The van der Waals surface area contributed by atoms with E-state index in [1.807, 2.05) is 6.92 Å². The van der Waals surface area contributed by atoms with Gasteiger partial charge in [-0.2, -0.15) is 0 Å². The van der Waals surface area contributed by atoms with Gasteiger partial charge in [0, 0.05) is 4.88 Å². The SMILES string of the molecule is Cc1cc2c(NC3(CO)CCC(C)CC3)nc(Cl)nc2s1. The van der Waals surface area contributed by atoms with Crippen molar-refractivity contribution in [2.45, 2.75) is 45.1 Å². The highest BCUT2D eigenvalue weighted by Crippen LogP contribution is 2.37. The van der Waals surface area contributed by atoms with Gasteiger partial charge in [-0.15, -0.1) is 11.3 Å². The van der Waals surface area contributed by atoms with Crippen molar-refractivity contribution in [2.75, 3.05) is 11.9 Å². The number of halogens is 1. The van der Waals surface area contributed by atoms with E-state index in [0.29, 0.717) is 0 Å². The highest BCUT2D eigenvalue weighted by atomic mass is 35.5. The topological polar surface area (TPSA) is 58.0 Å². The lowest BCUT2D eigenvalue weighted by molar-refractivity contribution is 0.155. The molecule has 6 heteroatoms. The summed E-state index contributed by atoms with van der Waals surface area (Å²) in [6, 6.07) is 2.08. The van der Waals surface area contributed by atoms with E-state index in [1.54, 1.807) is 11.3 Å². The Balaban J connectivity index is 1.96. The summed E-state index contributed by atoms with van der Waals surface area (Å²) in [5.74, 6) is 1.47. The molecule has 2 heterocycles. The van der Waals surface area contributed by atoms with Gasteiger partial charge >= 0.3 is 0 Å². The van der Waals surface area contributed by atoms with Gasteiger partial charge < -0.3 is 10.4 Å². The first-order chi connectivity index (χ1) is 10.0. The van der Waals surface area contributed by atoms with E-state index in [4.69, 9.17) is 11.6 Å². The number of fused-ring (bicyclic) bond motifs is 1. The summed E-state index contributed by atoms with van der Waals surface area (Å²) < 4.78 is 0. The van der Waals surface area contributed by atoms with Crippen LogP contribution < -0.4 is 5.32 Å². The van der Waals surface area contributed by atoms with Crippen LogP contribution in [0.4, 0.5) is 5.82 Å². The van der Waals surface area contributed by atoms with E-state index in [2.05, 4.69) is 28.3 Å². The Morgan fingerprint density at radius 2 is 2.14 bits per heavy atom. The zero-order valence-electron chi connectivity index (χ0n) is 12.3. The molecule has 4 nitrogen and oxygen atoms in total. The van der Waals surface area contributed by atoms with Gasteiger partial charge in [-0.1, -0.05) is 6.92 Å². The normalized spacial score (nSPS) is 26.2. The van der Waals surface area contributed by atoms with E-state index >= 15 is 0 Å². The van der Waals surface area contributed by atoms with Gasteiger partial charge in [0.2, 0.25) is 5.28 Å². The average Bonchev–Trinajstić information content (AvgIpc) is 2.82. The molecule has 114 valence electrons. The second kappa shape index (κ2) is 5.71. The fraction of sp³-hybridized carbons (Fsp3) is 0.600. The maximum Gasteiger partial charge on any atom is 0.225 e. The molecule has 0 aliphatic heterocycles. The largest absolute Gasteiger partial charge is 0.394 e. The molecule has 0 aromatic carbocycles. The molecule has 1 aliphatic carbocycles. The Labute approximate surface area is 133 Å². The summed E-state index contributed by atoms with van der Waals surface area (Å²) in [6.45, 7) is 4.43. The molecular weight excluding hydrogens is 306 g/mol. The number of aliphatic hydroxyl groups excluding tert-OH is 1. The van der Waals surface area contributed by atoms with Crippen molar-refractivity contribution < 1.29 is 5.11 Å². The fourth-order valence-corrected chi connectivity index (χ4v) is 4.10. The van der Waals surface area contributed by atoms with Crippen LogP contribution >= 0.6 is 22.9 Å². The zero-order chi connectivity index (χ0) is 15.0. The van der Waals surface area contributed by atoms with Gasteiger partial charge in [0.25, 0.3) is 0 Å². The number of anilines is 1. The number of nitrogens with zero attached hydrogens (tertiary/aromatic N) is 2. The van der Waals surface area contributed by atoms with Crippen molar-refractivity contribution in [3.63, 3.8) is 0 Å². The average molecular weight is 326 g/mol. The molecule has 0 radical (unpaired) electrons. The smallest absolute Gasteiger partial charge is 0.225 e. The van der Waals surface area contributed by atoms with Gasteiger partial charge in [0.1, 0.15) is 10.6 Å². The third kappa shape index (κ3) is 3.00. The second-order valence-corrected chi connectivity index (χ2v) is 7.74. The molecule has 3 rings (SSSR count). The lowest BCUT2D eigenvalue weighted by Gasteiger charge is -2.39. The van der Waals surface area contributed by atoms with Crippen LogP contribution in [0, 0.1) is 12.8 Å². The fourth-order valence-electron chi connectivity index (χ4n) is 3.00. The first-order valence-electron chi connectivity index (χ1n) is 7.34. The Morgan fingerprint density at radius 3 is 2.81 bits per heavy atom. The van der Waals surface area contributed by atoms with Crippen molar-refractivity contribution in [3.05, 3.63) is 16.2 Å². The van der Waals surface area contributed by atoms with Crippen LogP contribution in [-0.4, -0.2) is 27.2 Å². The third-order valence-corrected chi connectivity index (χ3v) is 5.52. The quantitative estimate of drug-likeness (QED) is 0.837. The van der Waals surface area contributed by atoms with Gasteiger partial charge in [0.15, 0.2) is 0 Å². The van der Waals surface area contributed by atoms with Gasteiger partial charge in [0.05, 0.1) is 17.5 Å². The van der Waals surface area contributed by atoms with Gasteiger partial charge in [-0.25, -0.2) is 9.97 Å². The number of aliphatic hydroxyl groups is 1. The molecule has 21 heavy (non-hydrogen) atoms. The number of aryl methyl sites for hydroxylation is 1. The van der Waals surface area contributed by atoms with Crippen LogP contribution in [0.1, 0.15) is 37.5 Å². The number of hydrogen-bond acceptors (Lipinski definition) is 5. The number of hydrogen-bond donors (Lipinski definition) is 2. The van der Waals surface area contributed by atoms with Gasteiger partial charge in [-0.3, -0.25) is 0 Å². The first-order valence-corrected chi connectivity index (χ1v) is 8.53.